The summed E-state index contributed by atoms with van der Waals surface area (Å²) < 4.78 is 5.48. The van der Waals surface area contributed by atoms with E-state index in [1.165, 1.54) is 6.42 Å². The first-order valence-corrected chi connectivity index (χ1v) is 6.45. The molecule has 2 saturated heterocycles. The maximum atomic E-state index is 12.2. The topological polar surface area (TPSA) is 41.6 Å². The van der Waals surface area contributed by atoms with Crippen LogP contribution < -0.4 is 5.32 Å². The second-order valence-corrected chi connectivity index (χ2v) is 4.63. The molecule has 2 atom stereocenters. The normalized spacial score (nSPS) is 30.3. The van der Waals surface area contributed by atoms with Crippen LogP contribution >= 0.6 is 0 Å². The van der Waals surface area contributed by atoms with Crippen molar-refractivity contribution in [3.05, 3.63) is 0 Å². The van der Waals surface area contributed by atoms with Crippen molar-refractivity contribution in [2.75, 3.05) is 26.2 Å². The van der Waals surface area contributed by atoms with E-state index in [1.54, 1.807) is 0 Å². The number of hydrogen-bond acceptors (Lipinski definition) is 3. The van der Waals surface area contributed by atoms with E-state index in [1.807, 2.05) is 4.90 Å². The smallest absolute Gasteiger partial charge is 0.251 e. The monoisotopic (exact) mass is 226 g/mol. The molecule has 1 N–H and O–H groups in total. The van der Waals surface area contributed by atoms with Crippen molar-refractivity contribution >= 4 is 5.91 Å². The third-order valence-corrected chi connectivity index (χ3v) is 3.54. The van der Waals surface area contributed by atoms with Gasteiger partial charge in [-0.2, -0.15) is 0 Å². The van der Waals surface area contributed by atoms with E-state index >= 15 is 0 Å². The number of rotatable bonds is 3. The average Bonchev–Trinajstić information content (AvgIpc) is 2.85. The number of carbonyl (C=O) groups is 1. The van der Waals surface area contributed by atoms with Gasteiger partial charge < -0.3 is 15.0 Å². The molecule has 2 aliphatic heterocycles. The number of likely N-dealkylation sites (N-methyl/N-ethyl adjacent to an activating group) is 1. The lowest BCUT2D eigenvalue weighted by Gasteiger charge is -2.35. The fourth-order valence-electron chi connectivity index (χ4n) is 2.65. The Bertz CT molecular complexity index is 233. The first-order valence-electron chi connectivity index (χ1n) is 6.45. The summed E-state index contributed by atoms with van der Waals surface area (Å²) in [6, 6.07) is 0.371. The molecular formula is C12H22N2O2. The van der Waals surface area contributed by atoms with Gasteiger partial charge in [-0.3, -0.25) is 4.79 Å². The van der Waals surface area contributed by atoms with E-state index in [0.29, 0.717) is 6.04 Å². The van der Waals surface area contributed by atoms with Crippen LogP contribution in [0.25, 0.3) is 0 Å². The van der Waals surface area contributed by atoms with Crippen molar-refractivity contribution in [2.45, 2.75) is 44.8 Å². The lowest BCUT2D eigenvalue weighted by molar-refractivity contribution is -0.143. The Morgan fingerprint density at radius 1 is 1.44 bits per heavy atom. The third-order valence-electron chi connectivity index (χ3n) is 3.54. The van der Waals surface area contributed by atoms with Gasteiger partial charge in [-0.05, 0) is 39.2 Å². The molecule has 0 saturated carbocycles. The quantitative estimate of drug-likeness (QED) is 0.772. The SMILES string of the molecule is CCN(C(=O)[C@H]1CCCO1)C1CCCNC1. The Kier molecular flexibility index (Phi) is 4.18. The Labute approximate surface area is 97.3 Å². The van der Waals surface area contributed by atoms with E-state index in [0.717, 1.165) is 45.5 Å². The molecule has 2 heterocycles. The van der Waals surface area contributed by atoms with Crippen molar-refractivity contribution in [1.29, 1.82) is 0 Å². The highest BCUT2D eigenvalue weighted by atomic mass is 16.5. The summed E-state index contributed by atoms with van der Waals surface area (Å²) >= 11 is 0. The Morgan fingerprint density at radius 2 is 2.31 bits per heavy atom. The van der Waals surface area contributed by atoms with E-state index in [2.05, 4.69) is 12.2 Å². The van der Waals surface area contributed by atoms with Crippen LogP contribution in [0.15, 0.2) is 0 Å². The Balaban J connectivity index is 1.94. The van der Waals surface area contributed by atoms with Gasteiger partial charge in [-0.15, -0.1) is 0 Å². The van der Waals surface area contributed by atoms with Crippen LogP contribution in [0.3, 0.4) is 0 Å². The molecule has 1 unspecified atom stereocenters. The standard InChI is InChI=1S/C12H22N2O2/c1-2-14(10-5-3-7-13-9-10)12(15)11-6-4-8-16-11/h10-11,13H,2-9H2,1H3/t10?,11-/m1/s1. The fourth-order valence-corrected chi connectivity index (χ4v) is 2.65. The maximum absolute atomic E-state index is 12.2. The van der Waals surface area contributed by atoms with E-state index in [4.69, 9.17) is 4.74 Å². The number of ether oxygens (including phenoxy) is 1. The maximum Gasteiger partial charge on any atom is 0.251 e. The number of amides is 1. The van der Waals surface area contributed by atoms with E-state index < -0.39 is 0 Å². The fraction of sp³-hybridized carbons (Fsp3) is 0.917. The molecule has 16 heavy (non-hydrogen) atoms. The summed E-state index contributed by atoms with van der Waals surface area (Å²) in [6.45, 7) is 5.62. The molecule has 0 aromatic carbocycles. The molecule has 4 nitrogen and oxygen atoms in total. The van der Waals surface area contributed by atoms with Gasteiger partial charge in [0.05, 0.1) is 0 Å². The van der Waals surface area contributed by atoms with Gasteiger partial charge >= 0.3 is 0 Å². The zero-order valence-electron chi connectivity index (χ0n) is 10.1. The summed E-state index contributed by atoms with van der Waals surface area (Å²) in [7, 11) is 0. The molecular weight excluding hydrogens is 204 g/mol. The Hall–Kier alpha value is -0.610. The molecule has 0 aromatic rings. The molecule has 4 heteroatoms. The number of piperidine rings is 1. The second-order valence-electron chi connectivity index (χ2n) is 4.63. The van der Waals surface area contributed by atoms with Crippen LogP contribution in [0.2, 0.25) is 0 Å². The second kappa shape index (κ2) is 5.64. The van der Waals surface area contributed by atoms with Gasteiger partial charge in [0.1, 0.15) is 6.10 Å². The van der Waals surface area contributed by atoms with Gasteiger partial charge in [0, 0.05) is 25.7 Å². The minimum atomic E-state index is -0.165. The predicted octanol–water partition coefficient (Wildman–Crippen LogP) is 0.766. The molecule has 0 aromatic heterocycles. The van der Waals surface area contributed by atoms with Gasteiger partial charge in [-0.1, -0.05) is 0 Å². The van der Waals surface area contributed by atoms with Crippen molar-refractivity contribution < 1.29 is 9.53 Å². The molecule has 0 bridgehead atoms. The molecule has 2 rings (SSSR count). The van der Waals surface area contributed by atoms with Gasteiger partial charge in [0.2, 0.25) is 0 Å². The molecule has 2 aliphatic rings. The summed E-state index contributed by atoms with van der Waals surface area (Å²) in [5, 5.41) is 3.36. The van der Waals surface area contributed by atoms with Crippen LogP contribution in [-0.2, 0) is 9.53 Å². The first kappa shape index (κ1) is 11.9. The molecule has 0 spiro atoms. The lowest BCUT2D eigenvalue weighted by atomic mass is 10.0. The summed E-state index contributed by atoms with van der Waals surface area (Å²) in [4.78, 5) is 14.3. The van der Waals surface area contributed by atoms with E-state index in [-0.39, 0.29) is 12.0 Å². The minimum Gasteiger partial charge on any atom is -0.368 e. The molecule has 0 radical (unpaired) electrons. The van der Waals surface area contributed by atoms with Crippen LogP contribution in [0.5, 0.6) is 0 Å². The molecule has 1 amide bonds. The van der Waals surface area contributed by atoms with Crippen LogP contribution in [0.4, 0.5) is 0 Å². The number of hydrogen-bond donors (Lipinski definition) is 1. The zero-order valence-corrected chi connectivity index (χ0v) is 10.1. The highest BCUT2D eigenvalue weighted by Crippen LogP contribution is 2.18. The summed E-state index contributed by atoms with van der Waals surface area (Å²) in [5.41, 5.74) is 0. The third kappa shape index (κ3) is 2.55. The summed E-state index contributed by atoms with van der Waals surface area (Å²) in [5.74, 6) is 0.203. The van der Waals surface area contributed by atoms with Gasteiger partial charge in [0.15, 0.2) is 0 Å². The lowest BCUT2D eigenvalue weighted by Crippen LogP contribution is -2.51. The highest BCUT2D eigenvalue weighted by molar-refractivity contribution is 5.81. The van der Waals surface area contributed by atoms with Crippen LogP contribution in [0.1, 0.15) is 32.6 Å². The zero-order chi connectivity index (χ0) is 11.4. The number of nitrogens with zero attached hydrogens (tertiary/aromatic N) is 1. The Morgan fingerprint density at radius 3 is 2.88 bits per heavy atom. The first-order chi connectivity index (χ1) is 7.83. The van der Waals surface area contributed by atoms with Crippen molar-refractivity contribution in [3.8, 4) is 0 Å². The molecule has 92 valence electrons. The van der Waals surface area contributed by atoms with Gasteiger partial charge in [0.25, 0.3) is 5.91 Å². The van der Waals surface area contributed by atoms with Crippen LogP contribution in [-0.4, -0.2) is 49.2 Å². The van der Waals surface area contributed by atoms with Crippen molar-refractivity contribution in [3.63, 3.8) is 0 Å². The van der Waals surface area contributed by atoms with Crippen molar-refractivity contribution in [2.24, 2.45) is 0 Å². The average molecular weight is 226 g/mol. The molecule has 2 fully saturated rings. The van der Waals surface area contributed by atoms with Crippen LogP contribution in [0, 0.1) is 0 Å². The predicted molar refractivity (Wildman–Crippen MR) is 62.3 cm³/mol. The summed E-state index contributed by atoms with van der Waals surface area (Å²) in [6.07, 6.45) is 4.05. The number of carbonyl (C=O) groups excluding carboxylic acids is 1. The van der Waals surface area contributed by atoms with E-state index in [9.17, 15) is 4.79 Å². The minimum absolute atomic E-state index is 0.165. The highest BCUT2D eigenvalue weighted by Gasteiger charge is 2.31. The van der Waals surface area contributed by atoms with Crippen molar-refractivity contribution in [1.82, 2.24) is 10.2 Å². The molecule has 0 aliphatic carbocycles. The number of nitrogens with one attached hydrogen (secondary N) is 1. The largest absolute Gasteiger partial charge is 0.368 e. The van der Waals surface area contributed by atoms with Gasteiger partial charge in [-0.25, -0.2) is 0 Å².